The predicted octanol–water partition coefficient (Wildman–Crippen LogP) is 3.52. The molecule has 0 saturated carbocycles. The van der Waals surface area contributed by atoms with Crippen LogP contribution in [0.15, 0.2) is 24.3 Å². The first kappa shape index (κ1) is 12.8. The fourth-order valence-corrected chi connectivity index (χ4v) is 1.48. The number of hydrogen-bond donors (Lipinski definition) is 1. The number of anilines is 1. The molecule has 1 aromatic carbocycles. The van der Waals surface area contributed by atoms with Crippen molar-refractivity contribution >= 4 is 28.3 Å². The van der Waals surface area contributed by atoms with Crippen molar-refractivity contribution in [2.75, 3.05) is 18.5 Å². The van der Waals surface area contributed by atoms with E-state index in [1.807, 2.05) is 0 Å². The van der Waals surface area contributed by atoms with Gasteiger partial charge in [-0.15, -0.1) is 0 Å². The van der Waals surface area contributed by atoms with Gasteiger partial charge in [-0.3, -0.25) is 0 Å². The van der Waals surface area contributed by atoms with Gasteiger partial charge < -0.3 is 10.1 Å². The van der Waals surface area contributed by atoms with Crippen LogP contribution in [0.5, 0.6) is 0 Å². The van der Waals surface area contributed by atoms with E-state index in [4.69, 9.17) is 4.74 Å². The van der Waals surface area contributed by atoms with Crippen LogP contribution in [0.2, 0.25) is 0 Å². The molecule has 1 rings (SSSR count). The zero-order valence-electron chi connectivity index (χ0n) is 9.51. The summed E-state index contributed by atoms with van der Waals surface area (Å²) in [5.41, 5.74) is 1.10. The summed E-state index contributed by atoms with van der Waals surface area (Å²) < 4.78 is 6.86. The van der Waals surface area contributed by atoms with E-state index in [2.05, 4.69) is 72.9 Å². The van der Waals surface area contributed by atoms with Crippen LogP contribution in [-0.2, 0) is 4.74 Å². The molecule has 0 amide bonds. The highest BCUT2D eigenvalue weighted by Gasteiger charge is 2.08. The lowest BCUT2D eigenvalue weighted by atomic mass is 10.2. The van der Waals surface area contributed by atoms with Crippen molar-refractivity contribution in [2.45, 2.75) is 26.4 Å². The Labute approximate surface area is 106 Å². The number of rotatable bonds is 4. The number of nitrogens with one attached hydrogen (secondary N) is 1. The molecule has 0 fully saturated rings. The number of halogens is 1. The van der Waals surface area contributed by atoms with E-state index in [0.717, 1.165) is 18.8 Å². The van der Waals surface area contributed by atoms with Gasteiger partial charge in [0.1, 0.15) is 0 Å². The van der Waals surface area contributed by atoms with Crippen LogP contribution >= 0.6 is 22.6 Å². The van der Waals surface area contributed by atoms with Crippen LogP contribution in [-0.4, -0.2) is 18.8 Å². The van der Waals surface area contributed by atoms with Crippen LogP contribution in [0, 0.1) is 3.57 Å². The molecule has 0 radical (unpaired) electrons. The van der Waals surface area contributed by atoms with Crippen molar-refractivity contribution in [2.24, 2.45) is 0 Å². The molecule has 1 N–H and O–H groups in total. The molecule has 0 bridgehead atoms. The Bertz CT molecular complexity index is 289. The summed E-state index contributed by atoms with van der Waals surface area (Å²) in [6.07, 6.45) is 0. The summed E-state index contributed by atoms with van der Waals surface area (Å²) in [6, 6.07) is 8.35. The average Bonchev–Trinajstić information content (AvgIpc) is 2.14. The Morgan fingerprint density at radius 1 is 1.20 bits per heavy atom. The molecule has 0 aromatic heterocycles. The predicted molar refractivity (Wildman–Crippen MR) is 73.4 cm³/mol. The van der Waals surface area contributed by atoms with Crippen LogP contribution < -0.4 is 5.32 Å². The molecule has 0 unspecified atom stereocenters. The summed E-state index contributed by atoms with van der Waals surface area (Å²) in [6.45, 7) is 7.78. The molecular formula is C12H18INO. The van der Waals surface area contributed by atoms with Crippen LogP contribution in [0.3, 0.4) is 0 Å². The number of hydrogen-bond acceptors (Lipinski definition) is 2. The summed E-state index contributed by atoms with van der Waals surface area (Å²) in [4.78, 5) is 0. The van der Waals surface area contributed by atoms with Crippen molar-refractivity contribution in [1.29, 1.82) is 0 Å². The molecule has 0 spiro atoms. The van der Waals surface area contributed by atoms with Crippen molar-refractivity contribution in [3.05, 3.63) is 27.8 Å². The average molecular weight is 319 g/mol. The molecular weight excluding hydrogens is 301 g/mol. The molecule has 0 aliphatic rings. The largest absolute Gasteiger partial charge is 0.383 e. The molecule has 0 aliphatic carbocycles. The van der Waals surface area contributed by atoms with Gasteiger partial charge in [0.05, 0.1) is 12.2 Å². The van der Waals surface area contributed by atoms with Gasteiger partial charge in [0.25, 0.3) is 0 Å². The van der Waals surface area contributed by atoms with Gasteiger partial charge in [0, 0.05) is 15.8 Å². The minimum Gasteiger partial charge on any atom is -0.383 e. The molecule has 3 heteroatoms. The summed E-state index contributed by atoms with van der Waals surface area (Å²) in [7, 11) is 0. The lowest BCUT2D eigenvalue weighted by Crippen LogP contribution is -2.23. The molecule has 1 aromatic rings. The van der Waals surface area contributed by atoms with Crippen molar-refractivity contribution in [3.63, 3.8) is 0 Å². The topological polar surface area (TPSA) is 21.3 Å². The van der Waals surface area contributed by atoms with Gasteiger partial charge in [0.15, 0.2) is 0 Å². The van der Waals surface area contributed by atoms with E-state index in [1.54, 1.807) is 0 Å². The van der Waals surface area contributed by atoms with Crippen LogP contribution in [0.1, 0.15) is 20.8 Å². The second kappa shape index (κ2) is 5.70. The second-order valence-corrected chi connectivity index (χ2v) is 5.64. The minimum absolute atomic E-state index is 0.0479. The molecule has 0 saturated heterocycles. The maximum absolute atomic E-state index is 5.61. The van der Waals surface area contributed by atoms with Crippen molar-refractivity contribution < 1.29 is 4.74 Å². The van der Waals surface area contributed by atoms with E-state index >= 15 is 0 Å². The Balaban J connectivity index is 2.23. The zero-order chi connectivity index (χ0) is 11.3. The first-order valence-corrected chi connectivity index (χ1v) is 6.19. The lowest BCUT2D eigenvalue weighted by molar-refractivity contribution is 0.00333. The van der Waals surface area contributed by atoms with E-state index in [-0.39, 0.29) is 5.60 Å². The third-order valence-corrected chi connectivity index (χ3v) is 2.53. The Hall–Kier alpha value is -0.290. The SMILES string of the molecule is CC(C)(C)OCCNc1ccc(I)cc1. The third-order valence-electron chi connectivity index (χ3n) is 1.81. The fraction of sp³-hybridized carbons (Fsp3) is 0.500. The number of benzene rings is 1. The maximum Gasteiger partial charge on any atom is 0.0646 e. The Kier molecular flexibility index (Phi) is 4.86. The van der Waals surface area contributed by atoms with Gasteiger partial charge in [-0.2, -0.15) is 0 Å². The van der Waals surface area contributed by atoms with Gasteiger partial charge in [-0.1, -0.05) is 0 Å². The molecule has 2 nitrogen and oxygen atoms in total. The van der Waals surface area contributed by atoms with Gasteiger partial charge in [0.2, 0.25) is 0 Å². The monoisotopic (exact) mass is 319 g/mol. The van der Waals surface area contributed by atoms with Gasteiger partial charge in [-0.25, -0.2) is 0 Å². The molecule has 0 aliphatic heterocycles. The first-order valence-electron chi connectivity index (χ1n) is 5.11. The quantitative estimate of drug-likeness (QED) is 0.677. The number of ether oxygens (including phenoxy) is 1. The Morgan fingerprint density at radius 3 is 2.33 bits per heavy atom. The summed E-state index contributed by atoms with van der Waals surface area (Å²) in [5.74, 6) is 0. The lowest BCUT2D eigenvalue weighted by Gasteiger charge is -2.19. The molecule has 0 heterocycles. The van der Waals surface area contributed by atoms with E-state index in [1.165, 1.54) is 3.57 Å². The van der Waals surface area contributed by atoms with E-state index in [9.17, 15) is 0 Å². The van der Waals surface area contributed by atoms with Crippen molar-refractivity contribution in [3.8, 4) is 0 Å². The van der Waals surface area contributed by atoms with Crippen molar-refractivity contribution in [1.82, 2.24) is 0 Å². The summed E-state index contributed by atoms with van der Waals surface area (Å²) >= 11 is 2.30. The van der Waals surface area contributed by atoms with E-state index < -0.39 is 0 Å². The highest BCUT2D eigenvalue weighted by atomic mass is 127. The van der Waals surface area contributed by atoms with E-state index in [0.29, 0.717) is 0 Å². The molecule has 84 valence electrons. The minimum atomic E-state index is -0.0479. The van der Waals surface area contributed by atoms with Crippen LogP contribution in [0.25, 0.3) is 0 Å². The smallest absolute Gasteiger partial charge is 0.0646 e. The normalized spacial score (nSPS) is 11.5. The first-order chi connectivity index (χ1) is 6.97. The standard InChI is InChI=1S/C12H18INO/c1-12(2,3)15-9-8-14-11-6-4-10(13)5-7-11/h4-7,14H,8-9H2,1-3H3. The summed E-state index contributed by atoms with van der Waals surface area (Å²) in [5, 5.41) is 3.32. The highest BCUT2D eigenvalue weighted by Crippen LogP contribution is 2.11. The Morgan fingerprint density at radius 2 is 1.80 bits per heavy atom. The highest BCUT2D eigenvalue weighted by molar-refractivity contribution is 14.1. The zero-order valence-corrected chi connectivity index (χ0v) is 11.7. The molecule has 15 heavy (non-hydrogen) atoms. The third kappa shape index (κ3) is 5.99. The maximum atomic E-state index is 5.61. The fourth-order valence-electron chi connectivity index (χ4n) is 1.12. The molecule has 0 atom stereocenters. The van der Waals surface area contributed by atoms with Gasteiger partial charge >= 0.3 is 0 Å². The van der Waals surface area contributed by atoms with Gasteiger partial charge in [-0.05, 0) is 67.6 Å². The second-order valence-electron chi connectivity index (χ2n) is 4.39. The van der Waals surface area contributed by atoms with Crippen LogP contribution in [0.4, 0.5) is 5.69 Å².